The maximum atomic E-state index is 13.6. The summed E-state index contributed by atoms with van der Waals surface area (Å²) in [6.45, 7) is 2.21. The molecule has 3 fully saturated rings. The van der Waals surface area contributed by atoms with Crippen LogP contribution in [0.3, 0.4) is 0 Å². The number of carbonyl (C=O) groups excluding carboxylic acids is 2. The van der Waals surface area contributed by atoms with Crippen molar-refractivity contribution in [3.63, 3.8) is 0 Å². The fourth-order valence-electron chi connectivity index (χ4n) is 15.1. The molecule has 3 aliphatic rings. The standard InChI is InChI=1S/C84H156N2O21/c1-4-6-8-10-12-14-16-18-20-22-24-26-28-30-31-32-33-34-36-38-40-42-44-46-48-50-52-54-56-58-71(94)86-65(66(91)57-55-53-51-49-47-45-43-41-39-37-35-29-27-25-23-21-19-17-15-13-11-9-7-5-2)63-102-81-76(98)75(97)78(70(62-89)104-81)105-82-77(99)80(74(96)69(61-88)103-82)107-84(83(100)101)59-67(92)72(85-64(3)90)79(106-84)73(95)68(93)60-87/h30-31,55,57,65-70,72-82,87-89,91-93,95-99H,4-29,32-54,56,58-63H2,1-3H3,(H,85,90)(H,86,94)(H,100,101)/b31-30-,57-55+. The summed E-state index contributed by atoms with van der Waals surface area (Å²) >= 11 is 0. The van der Waals surface area contributed by atoms with Crippen LogP contribution in [0, 0.1) is 0 Å². The highest BCUT2D eigenvalue weighted by atomic mass is 16.8. The second-order valence-electron chi connectivity index (χ2n) is 31.4. The van der Waals surface area contributed by atoms with Crippen molar-refractivity contribution in [1.29, 1.82) is 0 Å². The monoisotopic (exact) mass is 1530 g/mol. The number of rotatable bonds is 69. The zero-order valence-electron chi connectivity index (χ0n) is 66.8. The summed E-state index contributed by atoms with van der Waals surface area (Å²) in [6.07, 6.45) is 42.2. The molecule has 0 aromatic carbocycles. The molecule has 3 heterocycles. The first-order valence-electron chi connectivity index (χ1n) is 43.2. The third-order valence-corrected chi connectivity index (χ3v) is 21.9. The average Bonchev–Trinajstić information content (AvgIpc) is 0.754. The van der Waals surface area contributed by atoms with Gasteiger partial charge in [-0.05, 0) is 44.9 Å². The quantitative estimate of drug-likeness (QED) is 0.0199. The highest BCUT2D eigenvalue weighted by Crippen LogP contribution is 2.39. The topological polar surface area (TPSA) is 373 Å². The van der Waals surface area contributed by atoms with Gasteiger partial charge in [-0.3, -0.25) is 9.59 Å². The van der Waals surface area contributed by atoms with Crippen molar-refractivity contribution in [2.24, 2.45) is 0 Å². The molecule has 0 spiro atoms. The first-order valence-corrected chi connectivity index (χ1v) is 43.2. The van der Waals surface area contributed by atoms with Gasteiger partial charge in [0.05, 0.1) is 50.7 Å². The maximum Gasteiger partial charge on any atom is 0.364 e. The Morgan fingerprint density at radius 2 is 0.879 bits per heavy atom. The second-order valence-corrected chi connectivity index (χ2v) is 31.4. The number of unbranched alkanes of at least 4 members (excludes halogenated alkanes) is 47. The number of allylic oxidation sites excluding steroid dienone is 3. The lowest BCUT2D eigenvalue weighted by Gasteiger charge is -2.50. The van der Waals surface area contributed by atoms with Crippen LogP contribution < -0.4 is 10.6 Å². The molecular formula is C84H156N2O21. The minimum atomic E-state index is -3.08. The Kier molecular flexibility index (Phi) is 57.6. The van der Waals surface area contributed by atoms with Gasteiger partial charge < -0.3 is 100 Å². The summed E-state index contributed by atoms with van der Waals surface area (Å²) in [7, 11) is 0. The van der Waals surface area contributed by atoms with Crippen molar-refractivity contribution < 1.29 is 104 Å². The molecule has 0 radical (unpaired) electrons. The smallest absolute Gasteiger partial charge is 0.364 e. The molecule has 107 heavy (non-hydrogen) atoms. The number of amides is 2. The lowest BCUT2D eigenvalue weighted by molar-refractivity contribution is -0.386. The van der Waals surface area contributed by atoms with Crippen molar-refractivity contribution in [2.75, 3.05) is 26.4 Å². The van der Waals surface area contributed by atoms with Crippen LogP contribution in [0.5, 0.6) is 0 Å². The minimum Gasteiger partial charge on any atom is -0.477 e. The summed E-state index contributed by atoms with van der Waals surface area (Å²) < 4.78 is 35.0. The highest BCUT2D eigenvalue weighted by molar-refractivity contribution is 5.77. The lowest BCUT2D eigenvalue weighted by Crippen LogP contribution is -2.70. The first-order chi connectivity index (χ1) is 51.9. The molecule has 0 aromatic rings. The van der Waals surface area contributed by atoms with E-state index >= 15 is 0 Å². The van der Waals surface area contributed by atoms with E-state index in [1.54, 1.807) is 6.08 Å². The number of carbonyl (C=O) groups is 3. The molecule has 2 amide bonds. The Bertz CT molecular complexity index is 2220. The zero-order chi connectivity index (χ0) is 78.1. The second kappa shape index (κ2) is 62.6. The molecule has 0 aliphatic carbocycles. The Morgan fingerprint density at radius 3 is 1.27 bits per heavy atom. The van der Waals surface area contributed by atoms with Gasteiger partial charge in [0.25, 0.3) is 5.79 Å². The van der Waals surface area contributed by atoms with Crippen molar-refractivity contribution in [3.05, 3.63) is 24.3 Å². The molecule has 3 aliphatic heterocycles. The van der Waals surface area contributed by atoms with Crippen molar-refractivity contribution in [2.45, 2.75) is 464 Å². The Balaban J connectivity index is 1.49. The molecule has 23 nitrogen and oxygen atoms in total. The molecule has 0 aromatic heterocycles. The van der Waals surface area contributed by atoms with Gasteiger partial charge in [-0.1, -0.05) is 314 Å². The van der Waals surface area contributed by atoms with E-state index in [0.29, 0.717) is 12.8 Å². The lowest BCUT2D eigenvalue weighted by atomic mass is 9.88. The number of aliphatic hydroxyl groups is 11. The predicted molar refractivity (Wildman–Crippen MR) is 417 cm³/mol. The average molecular weight is 1530 g/mol. The molecule has 3 saturated heterocycles. The van der Waals surface area contributed by atoms with Gasteiger partial charge in [0.15, 0.2) is 12.6 Å². The molecule has 23 heteroatoms. The largest absolute Gasteiger partial charge is 0.477 e. The Labute approximate surface area is 644 Å². The summed E-state index contributed by atoms with van der Waals surface area (Å²) in [4.78, 5) is 38.8. The molecule has 18 atom stereocenters. The Morgan fingerprint density at radius 1 is 0.486 bits per heavy atom. The summed E-state index contributed by atoms with van der Waals surface area (Å²) in [6, 6.07) is -2.62. The molecule has 18 unspecified atom stereocenters. The number of hydrogen-bond donors (Lipinski definition) is 14. The number of aliphatic hydroxyl groups excluding tert-OH is 11. The Hall–Kier alpha value is -2.79. The van der Waals surface area contributed by atoms with Crippen LogP contribution in [0.2, 0.25) is 0 Å². The van der Waals surface area contributed by atoms with Crippen molar-refractivity contribution in [1.82, 2.24) is 10.6 Å². The van der Waals surface area contributed by atoms with Gasteiger partial charge in [-0.15, -0.1) is 0 Å². The fraction of sp³-hybridized carbons (Fsp3) is 0.917. The van der Waals surface area contributed by atoms with E-state index in [9.17, 15) is 75.7 Å². The van der Waals surface area contributed by atoms with Crippen LogP contribution in [-0.2, 0) is 42.8 Å². The van der Waals surface area contributed by atoms with E-state index < -0.39 is 155 Å². The number of aliphatic carboxylic acids is 1. The van der Waals surface area contributed by atoms with E-state index in [4.69, 9.17) is 28.4 Å². The number of carboxylic acids is 1. The maximum absolute atomic E-state index is 13.6. The van der Waals surface area contributed by atoms with Crippen LogP contribution >= 0.6 is 0 Å². The van der Waals surface area contributed by atoms with E-state index in [1.165, 1.54) is 263 Å². The first kappa shape index (κ1) is 98.4. The number of hydrogen-bond acceptors (Lipinski definition) is 20. The zero-order valence-corrected chi connectivity index (χ0v) is 66.8. The van der Waals surface area contributed by atoms with Crippen molar-refractivity contribution in [3.8, 4) is 0 Å². The fourth-order valence-corrected chi connectivity index (χ4v) is 15.1. The van der Waals surface area contributed by atoms with E-state index in [-0.39, 0.29) is 12.3 Å². The van der Waals surface area contributed by atoms with Gasteiger partial charge >= 0.3 is 5.97 Å². The minimum absolute atomic E-state index is 0.202. The van der Waals surface area contributed by atoms with Crippen LogP contribution in [0.15, 0.2) is 24.3 Å². The number of nitrogens with one attached hydrogen (secondary N) is 2. The normalized spacial score (nSPS) is 26.1. The van der Waals surface area contributed by atoms with Gasteiger partial charge in [-0.2, -0.15) is 0 Å². The van der Waals surface area contributed by atoms with E-state index in [0.717, 1.165) is 51.9 Å². The third kappa shape index (κ3) is 42.2. The molecular weight excluding hydrogens is 1370 g/mol. The van der Waals surface area contributed by atoms with Crippen LogP contribution in [0.4, 0.5) is 0 Å². The van der Waals surface area contributed by atoms with Crippen LogP contribution in [0.1, 0.15) is 355 Å². The number of carboxylic acid groups (broad SMARTS) is 1. The summed E-state index contributed by atoms with van der Waals surface area (Å²) in [5.74, 6) is -6.13. The molecule has 0 saturated carbocycles. The van der Waals surface area contributed by atoms with E-state index in [2.05, 4.69) is 36.6 Å². The summed E-state index contributed by atoms with van der Waals surface area (Å²) in [5, 5.41) is 137. The van der Waals surface area contributed by atoms with Gasteiger partial charge in [0.1, 0.15) is 67.1 Å². The third-order valence-electron chi connectivity index (χ3n) is 21.9. The van der Waals surface area contributed by atoms with Gasteiger partial charge in [0, 0.05) is 19.8 Å². The SMILES string of the molecule is CCCCCCCCCCCCCC/C=C\CCCCCCCCCCCCCCCC(=O)NC(COC1OC(CO)C(OC2OC(CO)C(O)C(OC3(C(=O)O)CC(O)C(NC(C)=O)C(C(O)C(O)CO)O3)C2O)C(O)C1O)C(O)/C=C/CCCCCCCCCCCCCCCCCCCCCCCC. The van der Waals surface area contributed by atoms with Crippen LogP contribution in [0.25, 0.3) is 0 Å². The van der Waals surface area contributed by atoms with Crippen LogP contribution in [-0.4, -0.2) is 215 Å². The van der Waals surface area contributed by atoms with Gasteiger partial charge in [-0.25, -0.2) is 4.79 Å². The molecule has 14 N–H and O–H groups in total. The van der Waals surface area contributed by atoms with Crippen molar-refractivity contribution >= 4 is 17.8 Å². The molecule has 3 rings (SSSR count). The molecule has 628 valence electrons. The highest BCUT2D eigenvalue weighted by Gasteiger charge is 2.60. The predicted octanol–water partition coefficient (Wildman–Crippen LogP) is 12.7. The number of ether oxygens (including phenoxy) is 6. The van der Waals surface area contributed by atoms with E-state index in [1.807, 2.05) is 6.08 Å². The van der Waals surface area contributed by atoms with Gasteiger partial charge in [0.2, 0.25) is 11.8 Å². The summed E-state index contributed by atoms with van der Waals surface area (Å²) in [5.41, 5.74) is 0. The molecule has 0 bridgehead atoms.